The third-order valence-corrected chi connectivity index (χ3v) is 7.27. The standard InChI is InChI=1S/C28H20BrF9N2O3/c1-27(35,28(36,37)38)14-9-18(29)23(21(10-14)43-26(33)34)39-24(41)17-3-2-4-20(22(17)32)40(12-13-5-6-13)25(42)16-8-7-15(30)11-19(16)31/h2-4,7-11,13,26H,5-6,12H2,1H3,(H,39,41). The highest BCUT2D eigenvalue weighted by Crippen LogP contribution is 2.46. The first-order valence-electron chi connectivity index (χ1n) is 12.4. The fraction of sp³-hybridized carbons (Fsp3) is 0.286. The molecule has 1 unspecified atom stereocenters. The van der Waals surface area contributed by atoms with Gasteiger partial charge >= 0.3 is 12.8 Å². The molecule has 15 heteroatoms. The SMILES string of the molecule is CC(F)(c1cc(Br)c(NC(=O)c2cccc(N(CC3CC3)C(=O)c3ccc(F)cc3F)c2F)c(OC(F)F)c1)C(F)(F)F. The molecule has 1 N–H and O–H groups in total. The predicted octanol–water partition coefficient (Wildman–Crippen LogP) is 8.52. The van der Waals surface area contributed by atoms with Gasteiger partial charge in [-0.1, -0.05) is 6.07 Å². The van der Waals surface area contributed by atoms with Crippen LogP contribution in [0.1, 0.15) is 46.0 Å². The molecular weight excluding hydrogens is 663 g/mol. The highest BCUT2D eigenvalue weighted by atomic mass is 79.9. The number of nitrogens with zero attached hydrogens (tertiary/aromatic N) is 1. The zero-order valence-electron chi connectivity index (χ0n) is 21.8. The van der Waals surface area contributed by atoms with Gasteiger partial charge < -0.3 is 15.0 Å². The van der Waals surface area contributed by atoms with Crippen molar-refractivity contribution >= 4 is 39.1 Å². The lowest BCUT2D eigenvalue weighted by Gasteiger charge is -2.26. The van der Waals surface area contributed by atoms with Crippen molar-refractivity contribution < 1.29 is 53.8 Å². The largest absolute Gasteiger partial charge is 0.433 e. The quantitative estimate of drug-likeness (QED) is 0.230. The number of benzene rings is 3. The fourth-order valence-corrected chi connectivity index (χ4v) is 4.61. The van der Waals surface area contributed by atoms with Gasteiger partial charge in [0.05, 0.1) is 22.5 Å². The molecule has 230 valence electrons. The summed E-state index contributed by atoms with van der Waals surface area (Å²) in [5.41, 5.74) is -7.55. The van der Waals surface area contributed by atoms with Crippen LogP contribution >= 0.6 is 15.9 Å². The summed E-state index contributed by atoms with van der Waals surface area (Å²) in [6, 6.07) is 6.37. The van der Waals surface area contributed by atoms with E-state index in [1.807, 2.05) is 0 Å². The Hall–Kier alpha value is -3.75. The van der Waals surface area contributed by atoms with Crippen LogP contribution in [0.25, 0.3) is 0 Å². The van der Waals surface area contributed by atoms with E-state index in [1.165, 1.54) is 6.07 Å². The van der Waals surface area contributed by atoms with Crippen LogP contribution in [-0.2, 0) is 5.67 Å². The maximum absolute atomic E-state index is 15.8. The minimum atomic E-state index is -5.44. The van der Waals surface area contributed by atoms with Gasteiger partial charge in [-0.05, 0) is 78.0 Å². The van der Waals surface area contributed by atoms with Crippen LogP contribution < -0.4 is 15.0 Å². The monoisotopic (exact) mass is 682 g/mol. The van der Waals surface area contributed by atoms with Gasteiger partial charge in [0.2, 0.25) is 5.67 Å². The Balaban J connectivity index is 1.72. The summed E-state index contributed by atoms with van der Waals surface area (Å²) in [5.74, 6) is -6.89. The second-order valence-corrected chi connectivity index (χ2v) is 10.6. The van der Waals surface area contributed by atoms with Crippen molar-refractivity contribution in [1.29, 1.82) is 0 Å². The summed E-state index contributed by atoms with van der Waals surface area (Å²) in [7, 11) is 0. The van der Waals surface area contributed by atoms with Crippen LogP contribution in [0.2, 0.25) is 0 Å². The van der Waals surface area contributed by atoms with Gasteiger partial charge in [0.1, 0.15) is 11.6 Å². The predicted molar refractivity (Wildman–Crippen MR) is 140 cm³/mol. The van der Waals surface area contributed by atoms with Crippen LogP contribution in [0.4, 0.5) is 50.9 Å². The number of hydrogen-bond donors (Lipinski definition) is 1. The molecule has 0 spiro atoms. The van der Waals surface area contributed by atoms with Crippen molar-refractivity contribution in [3.8, 4) is 5.75 Å². The Labute approximate surface area is 246 Å². The Kier molecular flexibility index (Phi) is 9.05. The first-order valence-corrected chi connectivity index (χ1v) is 13.2. The molecule has 4 rings (SSSR count). The van der Waals surface area contributed by atoms with Gasteiger partial charge in [-0.3, -0.25) is 9.59 Å². The van der Waals surface area contributed by atoms with Crippen molar-refractivity contribution in [3.05, 3.63) is 87.1 Å². The van der Waals surface area contributed by atoms with Gasteiger partial charge in [0.25, 0.3) is 11.8 Å². The average molecular weight is 683 g/mol. The fourth-order valence-electron chi connectivity index (χ4n) is 4.07. The minimum Gasteiger partial charge on any atom is -0.433 e. The van der Waals surface area contributed by atoms with Crippen molar-refractivity contribution in [2.24, 2.45) is 5.92 Å². The molecule has 43 heavy (non-hydrogen) atoms. The van der Waals surface area contributed by atoms with Gasteiger partial charge in [0.15, 0.2) is 11.6 Å². The number of ether oxygens (including phenoxy) is 1. The molecule has 0 bridgehead atoms. The Bertz CT molecular complexity index is 1560. The number of amides is 2. The van der Waals surface area contributed by atoms with E-state index in [-0.39, 0.29) is 19.4 Å². The lowest BCUT2D eigenvalue weighted by atomic mass is 9.96. The molecule has 1 atom stereocenters. The zero-order valence-corrected chi connectivity index (χ0v) is 23.4. The van der Waals surface area contributed by atoms with E-state index in [1.54, 1.807) is 0 Å². The average Bonchev–Trinajstić information content (AvgIpc) is 3.72. The van der Waals surface area contributed by atoms with Crippen molar-refractivity contribution in [3.63, 3.8) is 0 Å². The van der Waals surface area contributed by atoms with Crippen molar-refractivity contribution in [1.82, 2.24) is 0 Å². The van der Waals surface area contributed by atoms with Gasteiger partial charge in [-0.25, -0.2) is 17.6 Å². The molecule has 3 aromatic carbocycles. The summed E-state index contributed by atoms with van der Waals surface area (Å²) < 4.78 is 128. The van der Waals surface area contributed by atoms with E-state index in [0.717, 1.165) is 29.2 Å². The van der Waals surface area contributed by atoms with E-state index in [9.17, 15) is 44.7 Å². The Morgan fingerprint density at radius 2 is 1.70 bits per heavy atom. The van der Waals surface area contributed by atoms with Gasteiger partial charge in [-0.15, -0.1) is 0 Å². The molecule has 5 nitrogen and oxygen atoms in total. The van der Waals surface area contributed by atoms with E-state index in [4.69, 9.17) is 0 Å². The smallest absolute Gasteiger partial charge is 0.426 e. The zero-order chi connectivity index (χ0) is 31.9. The van der Waals surface area contributed by atoms with E-state index < -0.39 is 86.0 Å². The molecule has 0 aromatic heterocycles. The number of halogens is 10. The lowest BCUT2D eigenvalue weighted by Crippen LogP contribution is -2.35. The van der Waals surface area contributed by atoms with Crippen LogP contribution in [0.15, 0.2) is 53.0 Å². The molecule has 3 aromatic rings. The Morgan fingerprint density at radius 1 is 1.02 bits per heavy atom. The van der Waals surface area contributed by atoms with Crippen LogP contribution in [-0.4, -0.2) is 31.1 Å². The molecule has 1 saturated carbocycles. The van der Waals surface area contributed by atoms with Gasteiger partial charge in [0, 0.05) is 22.6 Å². The molecule has 2 amide bonds. The number of rotatable bonds is 9. The number of carbonyl (C=O) groups excluding carboxylic acids is 2. The number of carbonyl (C=O) groups is 2. The third kappa shape index (κ3) is 6.92. The van der Waals surface area contributed by atoms with E-state index in [2.05, 4.69) is 26.0 Å². The normalized spacial score (nSPS) is 14.8. The molecule has 1 aliphatic carbocycles. The number of hydrogen-bond acceptors (Lipinski definition) is 3. The summed E-state index contributed by atoms with van der Waals surface area (Å²) in [5, 5.41) is 2.06. The molecular formula is C28H20BrF9N2O3. The second kappa shape index (κ2) is 12.1. The van der Waals surface area contributed by atoms with Crippen LogP contribution in [0.3, 0.4) is 0 Å². The molecule has 0 saturated heterocycles. The molecule has 0 heterocycles. The highest BCUT2D eigenvalue weighted by Gasteiger charge is 2.54. The Morgan fingerprint density at radius 3 is 2.28 bits per heavy atom. The maximum atomic E-state index is 15.8. The minimum absolute atomic E-state index is 0.0641. The number of anilines is 2. The lowest BCUT2D eigenvalue weighted by molar-refractivity contribution is -0.228. The first kappa shape index (κ1) is 32.2. The third-order valence-electron chi connectivity index (χ3n) is 6.64. The van der Waals surface area contributed by atoms with Crippen LogP contribution in [0, 0.1) is 23.4 Å². The molecule has 1 aliphatic rings. The van der Waals surface area contributed by atoms with Crippen molar-refractivity contribution in [2.75, 3.05) is 16.8 Å². The van der Waals surface area contributed by atoms with Gasteiger partial charge in [-0.2, -0.15) is 22.0 Å². The van der Waals surface area contributed by atoms with E-state index in [0.29, 0.717) is 31.0 Å². The number of alkyl halides is 6. The first-order chi connectivity index (χ1) is 20.0. The summed E-state index contributed by atoms with van der Waals surface area (Å²) in [6.07, 6.45) is -4.08. The number of nitrogens with one attached hydrogen (secondary N) is 1. The molecule has 0 aliphatic heterocycles. The maximum Gasteiger partial charge on any atom is 0.426 e. The summed E-state index contributed by atoms with van der Waals surface area (Å²) in [4.78, 5) is 27.2. The van der Waals surface area contributed by atoms with Crippen LogP contribution in [0.5, 0.6) is 5.75 Å². The highest BCUT2D eigenvalue weighted by molar-refractivity contribution is 9.10. The molecule has 0 radical (unpaired) electrons. The summed E-state index contributed by atoms with van der Waals surface area (Å²) in [6.45, 7) is -3.52. The second-order valence-electron chi connectivity index (χ2n) is 9.79. The van der Waals surface area contributed by atoms with Crippen molar-refractivity contribution in [2.45, 2.75) is 38.2 Å². The molecule has 1 fully saturated rings. The summed E-state index contributed by atoms with van der Waals surface area (Å²) >= 11 is 2.81. The van der Waals surface area contributed by atoms with E-state index >= 15 is 4.39 Å². The topological polar surface area (TPSA) is 58.6 Å².